The number of ether oxygens (including phenoxy) is 2. The van der Waals surface area contributed by atoms with Crippen molar-refractivity contribution < 1.29 is 23.9 Å². The summed E-state index contributed by atoms with van der Waals surface area (Å²) in [6.45, 7) is 8.49. The van der Waals surface area contributed by atoms with Gasteiger partial charge in [-0.2, -0.15) is 0 Å². The van der Waals surface area contributed by atoms with E-state index in [0.717, 1.165) is 5.56 Å². The summed E-state index contributed by atoms with van der Waals surface area (Å²) in [5.41, 5.74) is 1.61. The number of aryl methyl sites for hydroxylation is 1. The van der Waals surface area contributed by atoms with Gasteiger partial charge in [-0.15, -0.1) is 0 Å². The van der Waals surface area contributed by atoms with Gasteiger partial charge in [-0.25, -0.2) is 4.79 Å². The molecule has 2 aromatic rings. The van der Waals surface area contributed by atoms with Gasteiger partial charge in [0.15, 0.2) is 5.78 Å². The van der Waals surface area contributed by atoms with Crippen molar-refractivity contribution in [3.8, 4) is 5.75 Å². The molecule has 0 bridgehead atoms. The van der Waals surface area contributed by atoms with Crippen LogP contribution in [0, 0.1) is 12.3 Å². The van der Waals surface area contributed by atoms with Gasteiger partial charge in [0.1, 0.15) is 12.4 Å². The smallest absolute Gasteiger partial charge is 0.343 e. The van der Waals surface area contributed by atoms with Crippen molar-refractivity contribution in [1.29, 1.82) is 0 Å². The molecule has 142 valence electrons. The highest BCUT2D eigenvalue weighted by Crippen LogP contribution is 2.25. The lowest BCUT2D eigenvalue weighted by atomic mass is 9.97. The lowest BCUT2D eigenvalue weighted by molar-refractivity contribution is -0.154. The Bertz CT molecular complexity index is 875. The Balaban J connectivity index is 2.27. The number of benzene rings is 2. The van der Waals surface area contributed by atoms with Crippen LogP contribution < -0.4 is 4.74 Å². The number of ketones is 1. The number of carbonyl (C=O) groups is 3. The summed E-state index contributed by atoms with van der Waals surface area (Å²) in [5.74, 6) is -0.771. The van der Waals surface area contributed by atoms with E-state index in [1.807, 2.05) is 13.0 Å². The molecule has 0 aliphatic heterocycles. The van der Waals surface area contributed by atoms with Gasteiger partial charge in [-0.3, -0.25) is 9.59 Å². The normalized spacial score (nSPS) is 11.0. The van der Waals surface area contributed by atoms with Gasteiger partial charge in [-0.1, -0.05) is 17.7 Å². The van der Waals surface area contributed by atoms with Gasteiger partial charge in [0.25, 0.3) is 0 Å². The van der Waals surface area contributed by atoms with Crippen LogP contribution >= 0.6 is 0 Å². The maximum atomic E-state index is 12.4. The zero-order valence-electron chi connectivity index (χ0n) is 16.3. The second-order valence-corrected chi connectivity index (χ2v) is 7.46. The lowest BCUT2D eigenvalue weighted by Crippen LogP contribution is -2.23. The molecule has 0 saturated carbocycles. The number of hydrogen-bond donors (Lipinski definition) is 0. The first-order valence-corrected chi connectivity index (χ1v) is 8.68. The van der Waals surface area contributed by atoms with Crippen LogP contribution in [0.25, 0.3) is 0 Å². The van der Waals surface area contributed by atoms with Crippen molar-refractivity contribution in [1.82, 2.24) is 0 Å². The van der Waals surface area contributed by atoms with Crippen molar-refractivity contribution in [2.45, 2.75) is 41.2 Å². The minimum Gasteiger partial charge on any atom is -0.460 e. The molecule has 0 amide bonds. The van der Waals surface area contributed by atoms with Crippen LogP contribution in [0.5, 0.6) is 5.75 Å². The minimum absolute atomic E-state index is 0.0896. The molecule has 5 heteroatoms. The molecule has 2 rings (SSSR count). The first-order valence-electron chi connectivity index (χ1n) is 8.68. The lowest BCUT2D eigenvalue weighted by Gasteiger charge is -2.18. The van der Waals surface area contributed by atoms with Crippen LogP contribution in [-0.2, 0) is 16.1 Å². The zero-order valence-corrected chi connectivity index (χ0v) is 16.3. The van der Waals surface area contributed by atoms with E-state index in [1.54, 1.807) is 57.2 Å². The van der Waals surface area contributed by atoms with E-state index in [0.29, 0.717) is 16.7 Å². The molecule has 27 heavy (non-hydrogen) atoms. The molecule has 0 aliphatic rings. The fourth-order valence-electron chi connectivity index (χ4n) is 2.30. The molecule has 0 spiro atoms. The standard InChI is InChI=1S/C22H24O5/c1-14-7-6-8-17(11-14)20(24)27-19-10-9-16(15(2)23)12-18(19)13-26-21(25)22(3,4)5/h6-12H,13H2,1-5H3. The van der Waals surface area contributed by atoms with Crippen LogP contribution in [-0.4, -0.2) is 17.7 Å². The summed E-state index contributed by atoms with van der Waals surface area (Å²) in [5, 5.41) is 0. The van der Waals surface area contributed by atoms with Gasteiger partial charge in [0.05, 0.1) is 11.0 Å². The van der Waals surface area contributed by atoms with Gasteiger partial charge in [0.2, 0.25) is 0 Å². The average Bonchev–Trinajstić information content (AvgIpc) is 2.59. The highest BCUT2D eigenvalue weighted by Gasteiger charge is 2.24. The summed E-state index contributed by atoms with van der Waals surface area (Å²) >= 11 is 0. The van der Waals surface area contributed by atoms with Crippen molar-refractivity contribution in [3.05, 3.63) is 64.7 Å². The molecule has 0 N–H and O–H groups in total. The molecule has 0 unspecified atom stereocenters. The van der Waals surface area contributed by atoms with Gasteiger partial charge >= 0.3 is 11.9 Å². The van der Waals surface area contributed by atoms with Gasteiger partial charge in [-0.05, 0) is 65.0 Å². The molecule has 2 aromatic carbocycles. The Hall–Kier alpha value is -2.95. The molecule has 0 fully saturated rings. The average molecular weight is 368 g/mol. The fraction of sp³-hybridized carbons (Fsp3) is 0.318. The Morgan fingerprint density at radius 3 is 2.26 bits per heavy atom. The molecule has 0 aromatic heterocycles. The van der Waals surface area contributed by atoms with Crippen LogP contribution in [0.2, 0.25) is 0 Å². The Morgan fingerprint density at radius 1 is 0.963 bits per heavy atom. The number of hydrogen-bond acceptors (Lipinski definition) is 5. The van der Waals surface area contributed by atoms with Crippen LogP contribution in [0.15, 0.2) is 42.5 Å². The van der Waals surface area contributed by atoms with Crippen molar-refractivity contribution >= 4 is 17.7 Å². The summed E-state index contributed by atoms with van der Waals surface area (Å²) in [6.07, 6.45) is 0. The van der Waals surface area contributed by atoms with Crippen LogP contribution in [0.3, 0.4) is 0 Å². The number of Topliss-reactive ketones (excluding diaryl/α,β-unsaturated/α-hetero) is 1. The van der Waals surface area contributed by atoms with E-state index in [4.69, 9.17) is 9.47 Å². The predicted octanol–water partition coefficient (Wildman–Crippen LogP) is 4.51. The van der Waals surface area contributed by atoms with E-state index in [1.165, 1.54) is 6.92 Å². The molecule has 0 radical (unpaired) electrons. The van der Waals surface area contributed by atoms with E-state index >= 15 is 0 Å². The molecule has 0 heterocycles. The van der Waals surface area contributed by atoms with E-state index in [2.05, 4.69) is 0 Å². The molecule has 0 saturated heterocycles. The third-order valence-electron chi connectivity index (χ3n) is 3.89. The first kappa shape index (κ1) is 20.4. The largest absolute Gasteiger partial charge is 0.460 e. The summed E-state index contributed by atoms with van der Waals surface area (Å²) < 4.78 is 10.8. The Morgan fingerprint density at radius 2 is 1.67 bits per heavy atom. The summed E-state index contributed by atoms with van der Waals surface area (Å²) in [6, 6.07) is 11.8. The molecule has 0 aliphatic carbocycles. The second-order valence-electron chi connectivity index (χ2n) is 7.46. The summed E-state index contributed by atoms with van der Waals surface area (Å²) in [4.78, 5) is 36.2. The Labute approximate surface area is 159 Å². The molecule has 0 atom stereocenters. The third kappa shape index (κ3) is 5.51. The van der Waals surface area contributed by atoms with E-state index < -0.39 is 11.4 Å². The molecule has 5 nitrogen and oxygen atoms in total. The quantitative estimate of drug-likeness (QED) is 0.441. The van der Waals surface area contributed by atoms with Crippen LogP contribution in [0.4, 0.5) is 0 Å². The highest BCUT2D eigenvalue weighted by molar-refractivity contribution is 5.95. The zero-order chi connectivity index (χ0) is 20.2. The van der Waals surface area contributed by atoms with Gasteiger partial charge < -0.3 is 9.47 Å². The van der Waals surface area contributed by atoms with Gasteiger partial charge in [0, 0.05) is 11.1 Å². The minimum atomic E-state index is -0.656. The summed E-state index contributed by atoms with van der Waals surface area (Å²) in [7, 11) is 0. The maximum absolute atomic E-state index is 12.4. The van der Waals surface area contributed by atoms with E-state index in [9.17, 15) is 14.4 Å². The predicted molar refractivity (Wildman–Crippen MR) is 102 cm³/mol. The van der Waals surface area contributed by atoms with Crippen molar-refractivity contribution in [2.75, 3.05) is 0 Å². The number of carbonyl (C=O) groups excluding carboxylic acids is 3. The highest BCUT2D eigenvalue weighted by atomic mass is 16.5. The number of esters is 2. The van der Waals surface area contributed by atoms with E-state index in [-0.39, 0.29) is 24.1 Å². The fourth-order valence-corrected chi connectivity index (χ4v) is 2.30. The number of rotatable bonds is 5. The third-order valence-corrected chi connectivity index (χ3v) is 3.89. The molecular formula is C22H24O5. The SMILES string of the molecule is CC(=O)c1ccc(OC(=O)c2cccc(C)c2)c(COC(=O)C(C)(C)C)c1. The maximum Gasteiger partial charge on any atom is 0.343 e. The van der Waals surface area contributed by atoms with Crippen molar-refractivity contribution in [3.63, 3.8) is 0 Å². The molecular weight excluding hydrogens is 344 g/mol. The van der Waals surface area contributed by atoms with Crippen molar-refractivity contribution in [2.24, 2.45) is 5.41 Å². The first-order chi connectivity index (χ1) is 12.6. The monoisotopic (exact) mass is 368 g/mol. The second kappa shape index (κ2) is 8.16. The topological polar surface area (TPSA) is 69.7 Å². The van der Waals surface area contributed by atoms with Crippen LogP contribution in [0.1, 0.15) is 59.5 Å². The Kier molecular flexibility index (Phi) is 6.16.